The fraction of sp³-hybridized carbons (Fsp3) is 0.286. The van der Waals surface area contributed by atoms with Gasteiger partial charge in [0.15, 0.2) is 5.82 Å². The van der Waals surface area contributed by atoms with Crippen LogP contribution >= 0.6 is 0 Å². The van der Waals surface area contributed by atoms with E-state index in [0.717, 1.165) is 5.69 Å². The summed E-state index contributed by atoms with van der Waals surface area (Å²) in [5, 5.41) is 16.5. The van der Waals surface area contributed by atoms with Gasteiger partial charge < -0.3 is 5.32 Å². The van der Waals surface area contributed by atoms with Crippen LogP contribution in [0.15, 0.2) is 18.6 Å². The van der Waals surface area contributed by atoms with Crippen molar-refractivity contribution in [2.24, 2.45) is 0 Å². The largest absolute Gasteiger partial charge is 0.304 e. The molecule has 0 unspecified atom stereocenters. The average Bonchev–Trinajstić information content (AvgIpc) is 2.72. The third-order valence-electron chi connectivity index (χ3n) is 1.60. The lowest BCUT2D eigenvalue weighted by molar-refractivity contribution is 0.650. The summed E-state index contributed by atoms with van der Waals surface area (Å²) in [6, 6.07) is 0. The Bertz CT molecular complexity index is 357. The third-order valence-corrected chi connectivity index (χ3v) is 1.60. The second kappa shape index (κ2) is 4.38. The molecule has 0 aliphatic heterocycles. The van der Waals surface area contributed by atoms with E-state index in [4.69, 9.17) is 0 Å². The van der Waals surface area contributed by atoms with Crippen LogP contribution in [0.25, 0.3) is 0 Å². The predicted octanol–water partition coefficient (Wildman–Crippen LogP) is -0.721. The van der Waals surface area contributed by atoms with Crippen LogP contribution in [0.5, 0.6) is 0 Å². The first kappa shape index (κ1) is 8.70. The van der Waals surface area contributed by atoms with Crippen LogP contribution in [0.3, 0.4) is 0 Å². The van der Waals surface area contributed by atoms with Crippen molar-refractivity contribution < 1.29 is 0 Å². The Morgan fingerprint density at radius 2 is 2.29 bits per heavy atom. The molecule has 0 fully saturated rings. The van der Waals surface area contributed by atoms with Gasteiger partial charge in [0, 0.05) is 25.1 Å². The molecule has 0 bridgehead atoms. The summed E-state index contributed by atoms with van der Waals surface area (Å²) >= 11 is 0. The molecule has 0 radical (unpaired) electrons. The summed E-state index contributed by atoms with van der Waals surface area (Å²) in [5.74, 6) is 0.633. The normalized spacial score (nSPS) is 10.3. The van der Waals surface area contributed by atoms with Crippen LogP contribution in [-0.2, 0) is 13.1 Å². The maximum atomic E-state index is 4.11. The standard InChI is InChI=1S/C7H9N7/c1-2-10-6(3-8-1)4-9-5-7-11-13-14-12-7/h1-3,9H,4-5H2,(H,11,12,13,14). The molecule has 14 heavy (non-hydrogen) atoms. The smallest absolute Gasteiger partial charge is 0.188 e. The van der Waals surface area contributed by atoms with E-state index in [0.29, 0.717) is 18.9 Å². The van der Waals surface area contributed by atoms with Crippen LogP contribution < -0.4 is 5.32 Å². The molecule has 0 spiro atoms. The van der Waals surface area contributed by atoms with Gasteiger partial charge in [0.2, 0.25) is 0 Å². The molecule has 2 rings (SSSR count). The maximum absolute atomic E-state index is 4.11. The Morgan fingerprint density at radius 3 is 3.00 bits per heavy atom. The van der Waals surface area contributed by atoms with E-state index in [1.165, 1.54) is 0 Å². The lowest BCUT2D eigenvalue weighted by Crippen LogP contribution is -2.14. The zero-order chi connectivity index (χ0) is 9.64. The maximum Gasteiger partial charge on any atom is 0.188 e. The van der Waals surface area contributed by atoms with Crippen molar-refractivity contribution in [3.8, 4) is 0 Å². The fourth-order valence-corrected chi connectivity index (χ4v) is 0.981. The molecular formula is C7H9N7. The molecule has 7 nitrogen and oxygen atoms in total. The molecule has 2 heterocycles. The summed E-state index contributed by atoms with van der Waals surface area (Å²) in [7, 11) is 0. The number of rotatable bonds is 4. The van der Waals surface area contributed by atoms with Crippen molar-refractivity contribution in [2.75, 3.05) is 0 Å². The summed E-state index contributed by atoms with van der Waals surface area (Å²) in [6.45, 7) is 1.20. The van der Waals surface area contributed by atoms with E-state index in [1.807, 2.05) is 0 Å². The van der Waals surface area contributed by atoms with E-state index >= 15 is 0 Å². The number of aromatic amines is 1. The van der Waals surface area contributed by atoms with Crippen LogP contribution in [0.2, 0.25) is 0 Å². The van der Waals surface area contributed by atoms with Crippen molar-refractivity contribution in [1.82, 2.24) is 35.9 Å². The van der Waals surface area contributed by atoms with Crippen LogP contribution in [-0.4, -0.2) is 30.6 Å². The Balaban J connectivity index is 1.79. The highest BCUT2D eigenvalue weighted by atomic mass is 15.5. The van der Waals surface area contributed by atoms with Crippen molar-refractivity contribution >= 4 is 0 Å². The minimum absolute atomic E-state index is 0.563. The van der Waals surface area contributed by atoms with E-state index in [1.54, 1.807) is 18.6 Å². The SMILES string of the molecule is c1cnc(CNCc2nn[nH]n2)cn1. The Morgan fingerprint density at radius 1 is 1.29 bits per heavy atom. The summed E-state index contributed by atoms with van der Waals surface area (Å²) in [4.78, 5) is 8.06. The van der Waals surface area contributed by atoms with Crippen LogP contribution in [0.4, 0.5) is 0 Å². The van der Waals surface area contributed by atoms with Crippen molar-refractivity contribution in [3.63, 3.8) is 0 Å². The van der Waals surface area contributed by atoms with E-state index in [-0.39, 0.29) is 0 Å². The second-order valence-corrected chi connectivity index (χ2v) is 2.63. The first-order chi connectivity index (χ1) is 6.95. The second-order valence-electron chi connectivity index (χ2n) is 2.63. The average molecular weight is 191 g/mol. The van der Waals surface area contributed by atoms with E-state index in [2.05, 4.69) is 35.9 Å². The van der Waals surface area contributed by atoms with Crippen molar-refractivity contribution in [1.29, 1.82) is 0 Å². The highest BCUT2D eigenvalue weighted by molar-refractivity contribution is 4.93. The molecule has 0 aliphatic carbocycles. The molecule has 7 heteroatoms. The van der Waals surface area contributed by atoms with Gasteiger partial charge in [-0.1, -0.05) is 5.21 Å². The number of nitrogens with one attached hydrogen (secondary N) is 2. The molecule has 0 saturated heterocycles. The number of hydrogen-bond acceptors (Lipinski definition) is 6. The van der Waals surface area contributed by atoms with Gasteiger partial charge in [-0.15, -0.1) is 10.2 Å². The van der Waals surface area contributed by atoms with Gasteiger partial charge in [-0.2, -0.15) is 5.21 Å². The first-order valence-electron chi connectivity index (χ1n) is 4.13. The summed E-state index contributed by atoms with van der Waals surface area (Å²) < 4.78 is 0. The topological polar surface area (TPSA) is 92.3 Å². The number of aromatic nitrogens is 6. The number of nitrogens with zero attached hydrogens (tertiary/aromatic N) is 5. The van der Waals surface area contributed by atoms with Gasteiger partial charge in [-0.05, 0) is 0 Å². The van der Waals surface area contributed by atoms with E-state index in [9.17, 15) is 0 Å². The van der Waals surface area contributed by atoms with Crippen molar-refractivity contribution in [3.05, 3.63) is 30.1 Å². The van der Waals surface area contributed by atoms with E-state index < -0.39 is 0 Å². The number of tetrazole rings is 1. The minimum Gasteiger partial charge on any atom is -0.304 e. The molecule has 2 aromatic rings. The van der Waals surface area contributed by atoms with Gasteiger partial charge in [0.1, 0.15) is 0 Å². The highest BCUT2D eigenvalue weighted by Crippen LogP contribution is 1.89. The molecule has 0 aromatic carbocycles. The fourth-order valence-electron chi connectivity index (χ4n) is 0.981. The summed E-state index contributed by atoms with van der Waals surface area (Å²) in [5.41, 5.74) is 0.885. The Hall–Kier alpha value is -1.89. The quantitative estimate of drug-likeness (QED) is 0.662. The zero-order valence-electron chi connectivity index (χ0n) is 7.38. The van der Waals surface area contributed by atoms with Gasteiger partial charge >= 0.3 is 0 Å². The lowest BCUT2D eigenvalue weighted by Gasteiger charge is -1.99. The minimum atomic E-state index is 0.563. The number of hydrogen-bond donors (Lipinski definition) is 2. The molecule has 0 aliphatic rings. The molecule has 0 amide bonds. The zero-order valence-corrected chi connectivity index (χ0v) is 7.38. The molecule has 0 saturated carbocycles. The molecule has 72 valence electrons. The van der Waals surface area contributed by atoms with Gasteiger partial charge in [0.25, 0.3) is 0 Å². The third kappa shape index (κ3) is 2.30. The molecule has 0 atom stereocenters. The molecule has 2 N–H and O–H groups in total. The van der Waals surface area contributed by atoms with Crippen molar-refractivity contribution in [2.45, 2.75) is 13.1 Å². The first-order valence-corrected chi connectivity index (χ1v) is 4.13. The van der Waals surface area contributed by atoms with Crippen LogP contribution in [0.1, 0.15) is 11.5 Å². The predicted molar refractivity (Wildman–Crippen MR) is 46.8 cm³/mol. The Labute approximate surface area is 80.0 Å². The lowest BCUT2D eigenvalue weighted by atomic mass is 10.4. The highest BCUT2D eigenvalue weighted by Gasteiger charge is 1.97. The van der Waals surface area contributed by atoms with Gasteiger partial charge in [-0.3, -0.25) is 9.97 Å². The molecule has 2 aromatic heterocycles. The van der Waals surface area contributed by atoms with Gasteiger partial charge in [-0.25, -0.2) is 0 Å². The molecular weight excluding hydrogens is 182 g/mol. The summed E-state index contributed by atoms with van der Waals surface area (Å²) in [6.07, 6.45) is 5.01. The van der Waals surface area contributed by atoms with Gasteiger partial charge in [0.05, 0.1) is 12.2 Å². The number of H-pyrrole nitrogens is 1. The monoisotopic (exact) mass is 191 g/mol. The Kier molecular flexibility index (Phi) is 2.72. The van der Waals surface area contributed by atoms with Crippen LogP contribution in [0, 0.1) is 0 Å².